The van der Waals surface area contributed by atoms with Gasteiger partial charge in [0.15, 0.2) is 0 Å². The van der Waals surface area contributed by atoms with Crippen molar-refractivity contribution < 1.29 is 9.59 Å². The molecule has 0 radical (unpaired) electrons. The summed E-state index contributed by atoms with van der Waals surface area (Å²) in [4.78, 5) is 44.3. The summed E-state index contributed by atoms with van der Waals surface area (Å²) >= 11 is 1.51. The summed E-state index contributed by atoms with van der Waals surface area (Å²) in [6.07, 6.45) is 1.57. The van der Waals surface area contributed by atoms with Crippen LogP contribution in [0.4, 0.5) is 5.69 Å². The number of amides is 2. The molecule has 1 fully saturated rings. The standard InChI is InChI=1S/C23H21N5O3S/c1-15-3-2-4-18-21(15)25-13-27(23(18)31)10-9-20(29)28-14-32-12-19(28)22(30)26-17-7-5-16(11-24)6-8-17/h2-8,13,19H,9-10,12,14H2,1H3,(H,26,30). The predicted octanol–water partition coefficient (Wildman–Crippen LogP) is 2.51. The molecule has 1 aliphatic rings. The molecule has 1 saturated heterocycles. The normalized spacial score (nSPS) is 15.5. The lowest BCUT2D eigenvalue weighted by atomic mass is 10.1. The molecule has 8 nitrogen and oxygen atoms in total. The number of thioether (sulfide) groups is 1. The zero-order valence-electron chi connectivity index (χ0n) is 17.4. The summed E-state index contributed by atoms with van der Waals surface area (Å²) in [5.74, 6) is 0.471. The van der Waals surface area contributed by atoms with Crippen molar-refractivity contribution >= 4 is 40.2 Å². The molecule has 3 aromatic rings. The van der Waals surface area contributed by atoms with Crippen LogP contribution in [0, 0.1) is 18.3 Å². The maximum Gasteiger partial charge on any atom is 0.261 e. The number of hydrogen-bond donors (Lipinski definition) is 1. The Morgan fingerprint density at radius 2 is 2.03 bits per heavy atom. The SMILES string of the molecule is Cc1cccc2c(=O)n(CCC(=O)N3CSCC3C(=O)Nc3ccc(C#N)cc3)cnc12. The molecule has 32 heavy (non-hydrogen) atoms. The molecule has 2 amide bonds. The van der Waals surface area contributed by atoms with Crippen molar-refractivity contribution in [3.8, 4) is 6.07 Å². The van der Waals surface area contributed by atoms with Gasteiger partial charge in [-0.05, 0) is 42.8 Å². The monoisotopic (exact) mass is 447 g/mol. The van der Waals surface area contributed by atoms with E-state index in [1.165, 1.54) is 22.7 Å². The molecule has 9 heteroatoms. The lowest BCUT2D eigenvalue weighted by Crippen LogP contribution is -2.44. The van der Waals surface area contributed by atoms with E-state index in [1.54, 1.807) is 35.2 Å². The first-order valence-corrected chi connectivity index (χ1v) is 11.3. The molecule has 4 rings (SSSR count). The third-order valence-corrected chi connectivity index (χ3v) is 6.42. The molecule has 0 saturated carbocycles. The van der Waals surface area contributed by atoms with Gasteiger partial charge in [-0.1, -0.05) is 12.1 Å². The van der Waals surface area contributed by atoms with Crippen molar-refractivity contribution in [1.82, 2.24) is 14.5 Å². The Hall–Kier alpha value is -3.64. The number of aryl methyl sites for hydroxylation is 2. The molecule has 162 valence electrons. The summed E-state index contributed by atoms with van der Waals surface area (Å²) in [5, 5.41) is 12.2. The molecule has 1 atom stereocenters. The van der Waals surface area contributed by atoms with Crippen LogP contribution in [0.2, 0.25) is 0 Å². The predicted molar refractivity (Wildman–Crippen MR) is 123 cm³/mol. The van der Waals surface area contributed by atoms with E-state index in [0.717, 1.165) is 5.56 Å². The van der Waals surface area contributed by atoms with E-state index in [2.05, 4.69) is 10.3 Å². The Morgan fingerprint density at radius 3 is 2.78 bits per heavy atom. The summed E-state index contributed by atoms with van der Waals surface area (Å²) < 4.78 is 1.44. The van der Waals surface area contributed by atoms with E-state index >= 15 is 0 Å². The number of nitrogens with zero attached hydrogens (tertiary/aromatic N) is 4. The van der Waals surface area contributed by atoms with Crippen molar-refractivity contribution in [2.24, 2.45) is 0 Å². The lowest BCUT2D eigenvalue weighted by Gasteiger charge is -2.23. The fourth-order valence-corrected chi connectivity index (χ4v) is 4.80. The fraction of sp³-hybridized carbons (Fsp3) is 0.261. The number of carbonyl (C=O) groups excluding carboxylic acids is 2. The fourth-order valence-electron chi connectivity index (χ4n) is 3.62. The highest BCUT2D eigenvalue weighted by Gasteiger charge is 2.34. The second kappa shape index (κ2) is 9.24. The van der Waals surface area contributed by atoms with Gasteiger partial charge < -0.3 is 10.2 Å². The maximum atomic E-state index is 12.9. The van der Waals surface area contributed by atoms with Crippen LogP contribution in [-0.4, -0.2) is 43.9 Å². The zero-order valence-corrected chi connectivity index (χ0v) is 18.3. The molecule has 2 aromatic carbocycles. The second-order valence-electron chi connectivity index (χ2n) is 7.52. The first kappa shape index (κ1) is 21.6. The van der Waals surface area contributed by atoms with Gasteiger partial charge in [0.1, 0.15) is 6.04 Å². The highest BCUT2D eigenvalue weighted by atomic mass is 32.2. The summed E-state index contributed by atoms with van der Waals surface area (Å²) in [5.41, 5.74) is 2.48. The second-order valence-corrected chi connectivity index (χ2v) is 8.52. The number of carbonyl (C=O) groups is 2. The lowest BCUT2D eigenvalue weighted by molar-refractivity contribution is -0.136. The highest BCUT2D eigenvalue weighted by Crippen LogP contribution is 2.23. The summed E-state index contributed by atoms with van der Waals surface area (Å²) in [7, 11) is 0. The Bertz CT molecular complexity index is 1280. The van der Waals surface area contributed by atoms with Crippen molar-refractivity contribution in [3.05, 3.63) is 70.3 Å². The topological polar surface area (TPSA) is 108 Å². The molecule has 0 spiro atoms. The molecule has 1 aliphatic heterocycles. The Balaban J connectivity index is 1.42. The number of hydrogen-bond acceptors (Lipinski definition) is 6. The van der Waals surface area contributed by atoms with E-state index in [1.807, 2.05) is 25.1 Å². The highest BCUT2D eigenvalue weighted by molar-refractivity contribution is 7.99. The largest absolute Gasteiger partial charge is 0.324 e. The van der Waals surface area contributed by atoms with Gasteiger partial charge in [0, 0.05) is 24.4 Å². The van der Waals surface area contributed by atoms with Crippen LogP contribution in [0.1, 0.15) is 17.5 Å². The third kappa shape index (κ3) is 4.36. The number of nitriles is 1. The van der Waals surface area contributed by atoms with Crippen LogP contribution >= 0.6 is 11.8 Å². The van der Waals surface area contributed by atoms with E-state index in [-0.39, 0.29) is 30.3 Å². The number of rotatable bonds is 5. The van der Waals surface area contributed by atoms with Gasteiger partial charge in [0.05, 0.1) is 34.7 Å². The van der Waals surface area contributed by atoms with Crippen molar-refractivity contribution in [2.45, 2.75) is 25.9 Å². The number of benzene rings is 2. The smallest absolute Gasteiger partial charge is 0.261 e. The average Bonchev–Trinajstić information content (AvgIpc) is 3.30. The van der Waals surface area contributed by atoms with E-state index < -0.39 is 6.04 Å². The number of para-hydroxylation sites is 1. The van der Waals surface area contributed by atoms with Gasteiger partial charge in [-0.25, -0.2) is 4.98 Å². The van der Waals surface area contributed by atoms with Crippen LogP contribution in [0.5, 0.6) is 0 Å². The van der Waals surface area contributed by atoms with Gasteiger partial charge in [-0.2, -0.15) is 5.26 Å². The number of fused-ring (bicyclic) bond motifs is 1. The van der Waals surface area contributed by atoms with E-state index in [0.29, 0.717) is 33.8 Å². The van der Waals surface area contributed by atoms with Gasteiger partial charge in [0.2, 0.25) is 11.8 Å². The number of aromatic nitrogens is 2. The molecular formula is C23H21N5O3S. The molecular weight excluding hydrogens is 426 g/mol. The molecule has 2 heterocycles. The first-order valence-electron chi connectivity index (χ1n) is 10.1. The van der Waals surface area contributed by atoms with Gasteiger partial charge in [0.25, 0.3) is 5.56 Å². The summed E-state index contributed by atoms with van der Waals surface area (Å²) in [6, 6.07) is 13.5. The van der Waals surface area contributed by atoms with Crippen LogP contribution in [0.3, 0.4) is 0 Å². The van der Waals surface area contributed by atoms with Gasteiger partial charge in [-0.3, -0.25) is 19.0 Å². The minimum absolute atomic E-state index is 0.0973. The Kier molecular flexibility index (Phi) is 6.23. The van der Waals surface area contributed by atoms with E-state index in [9.17, 15) is 14.4 Å². The van der Waals surface area contributed by atoms with Crippen molar-refractivity contribution in [3.63, 3.8) is 0 Å². The van der Waals surface area contributed by atoms with Crippen molar-refractivity contribution in [2.75, 3.05) is 16.9 Å². The zero-order chi connectivity index (χ0) is 22.7. The van der Waals surface area contributed by atoms with E-state index in [4.69, 9.17) is 5.26 Å². The number of anilines is 1. The Labute approximate surface area is 188 Å². The molecule has 0 bridgehead atoms. The quantitative estimate of drug-likeness (QED) is 0.644. The molecule has 1 aromatic heterocycles. The average molecular weight is 448 g/mol. The number of nitrogens with one attached hydrogen (secondary N) is 1. The molecule has 1 N–H and O–H groups in total. The van der Waals surface area contributed by atoms with Crippen LogP contribution in [0.15, 0.2) is 53.6 Å². The van der Waals surface area contributed by atoms with Crippen LogP contribution < -0.4 is 10.9 Å². The molecule has 1 unspecified atom stereocenters. The van der Waals surface area contributed by atoms with Gasteiger partial charge in [-0.15, -0.1) is 11.8 Å². The minimum atomic E-state index is -0.586. The van der Waals surface area contributed by atoms with Crippen LogP contribution in [-0.2, 0) is 16.1 Å². The minimum Gasteiger partial charge on any atom is -0.324 e. The third-order valence-electron chi connectivity index (χ3n) is 5.41. The van der Waals surface area contributed by atoms with Crippen LogP contribution in [0.25, 0.3) is 10.9 Å². The Morgan fingerprint density at radius 1 is 1.25 bits per heavy atom. The van der Waals surface area contributed by atoms with Crippen molar-refractivity contribution in [1.29, 1.82) is 5.26 Å². The first-order chi connectivity index (χ1) is 15.5. The summed E-state index contributed by atoms with van der Waals surface area (Å²) in [6.45, 7) is 2.09. The van der Waals surface area contributed by atoms with Gasteiger partial charge >= 0.3 is 0 Å². The molecule has 0 aliphatic carbocycles. The maximum absolute atomic E-state index is 12.9.